The number of rotatable bonds is 3. The first-order chi connectivity index (χ1) is 7.04. The Morgan fingerprint density at radius 3 is 1.87 bits per heavy atom. The first-order valence-electron chi connectivity index (χ1n) is 4.06. The van der Waals surface area contributed by atoms with Crippen molar-refractivity contribution < 1.29 is 17.6 Å². The minimum absolute atomic E-state index is 0.491. The number of benzene rings is 1. The van der Waals surface area contributed by atoms with Crippen LogP contribution in [0.2, 0.25) is 0 Å². The van der Waals surface area contributed by atoms with Crippen LogP contribution >= 0.6 is 0 Å². The van der Waals surface area contributed by atoms with Crippen LogP contribution in [-0.2, 0) is 6.42 Å². The highest BCUT2D eigenvalue weighted by atomic mass is 19.2. The van der Waals surface area contributed by atoms with Crippen molar-refractivity contribution in [2.45, 2.75) is 6.42 Å². The van der Waals surface area contributed by atoms with Gasteiger partial charge in [-0.3, -0.25) is 0 Å². The highest BCUT2D eigenvalue weighted by Crippen LogP contribution is 2.27. The lowest BCUT2D eigenvalue weighted by molar-refractivity contribution is 0.448. The molecular formula is C9H8F4N2. The Hall–Kier alpha value is -1.59. The molecular weight excluding hydrogens is 212 g/mol. The molecule has 1 rings (SSSR count). The molecule has 0 saturated heterocycles. The van der Waals surface area contributed by atoms with Gasteiger partial charge in [0.2, 0.25) is 0 Å². The van der Waals surface area contributed by atoms with Gasteiger partial charge in [0.05, 0.1) is 0 Å². The highest BCUT2D eigenvalue weighted by Gasteiger charge is 2.23. The molecule has 0 aromatic heterocycles. The molecule has 0 heterocycles. The molecule has 0 aliphatic carbocycles. The average molecular weight is 220 g/mol. The summed E-state index contributed by atoms with van der Waals surface area (Å²) in [6.07, 6.45) is 0.176. The summed E-state index contributed by atoms with van der Waals surface area (Å²) < 4.78 is 52.5. The molecule has 0 saturated carbocycles. The third kappa shape index (κ3) is 1.79. The minimum Gasteiger partial charge on any atom is -0.383 e. The molecule has 0 amide bonds. The van der Waals surface area contributed by atoms with Gasteiger partial charge < -0.3 is 10.7 Å². The van der Waals surface area contributed by atoms with Crippen molar-refractivity contribution >= 4 is 11.9 Å². The zero-order valence-electron chi connectivity index (χ0n) is 7.80. The maximum Gasteiger partial charge on any atom is 0.185 e. The van der Waals surface area contributed by atoms with E-state index in [-0.39, 0.29) is 0 Å². The van der Waals surface area contributed by atoms with Crippen LogP contribution in [0, 0.1) is 28.7 Å². The van der Waals surface area contributed by atoms with Crippen molar-refractivity contribution in [1.82, 2.24) is 0 Å². The predicted molar refractivity (Wildman–Crippen MR) is 48.3 cm³/mol. The van der Waals surface area contributed by atoms with Crippen LogP contribution in [0.3, 0.4) is 0 Å². The van der Waals surface area contributed by atoms with Gasteiger partial charge in [0.1, 0.15) is 5.69 Å². The Bertz CT molecular complexity index is 375. The Balaban J connectivity index is 3.50. The Morgan fingerprint density at radius 1 is 1.07 bits per heavy atom. The molecule has 1 aromatic carbocycles. The van der Waals surface area contributed by atoms with Crippen LogP contribution in [0.15, 0.2) is 0 Å². The van der Waals surface area contributed by atoms with Gasteiger partial charge in [0.15, 0.2) is 23.3 Å². The topological polar surface area (TPSA) is 35.9 Å². The molecule has 1 aromatic rings. The van der Waals surface area contributed by atoms with Crippen molar-refractivity contribution in [3.63, 3.8) is 0 Å². The van der Waals surface area contributed by atoms with E-state index in [1.165, 1.54) is 0 Å². The number of halogens is 4. The highest BCUT2D eigenvalue weighted by molar-refractivity contribution is 5.60. The summed E-state index contributed by atoms with van der Waals surface area (Å²) in [5.41, 5.74) is -1.63. The first-order valence-corrected chi connectivity index (χ1v) is 4.06. The van der Waals surface area contributed by atoms with Gasteiger partial charge >= 0.3 is 0 Å². The maximum absolute atomic E-state index is 13.2. The maximum atomic E-state index is 13.2. The molecule has 6 heteroatoms. The summed E-state index contributed by atoms with van der Waals surface area (Å²) in [5, 5.41) is 8.68. The zero-order valence-corrected chi connectivity index (χ0v) is 7.80. The fourth-order valence-electron chi connectivity index (χ4n) is 1.18. The van der Waals surface area contributed by atoms with Crippen molar-refractivity contribution in [2.75, 3.05) is 12.4 Å². The Labute approximate surface area is 83.4 Å². The van der Waals surface area contributed by atoms with E-state index >= 15 is 0 Å². The van der Waals surface area contributed by atoms with E-state index in [9.17, 15) is 17.6 Å². The largest absolute Gasteiger partial charge is 0.383 e. The lowest BCUT2D eigenvalue weighted by Gasteiger charge is -2.09. The molecule has 0 fully saturated rings. The third-order valence-electron chi connectivity index (χ3n) is 1.91. The standard InChI is InChI=1S/C9H8F4N2/c1-15-9-7(12)5(10)4(2-3-14)6(11)8(9)13/h3,14-15H,2H2,1H3. The molecule has 0 unspecified atom stereocenters. The van der Waals surface area contributed by atoms with E-state index in [0.29, 0.717) is 6.21 Å². The summed E-state index contributed by atoms with van der Waals surface area (Å²) in [6, 6.07) is 0. The van der Waals surface area contributed by atoms with E-state index in [2.05, 4.69) is 0 Å². The van der Waals surface area contributed by atoms with Crippen LogP contribution in [0.4, 0.5) is 23.2 Å². The van der Waals surface area contributed by atoms with Crippen molar-refractivity contribution in [3.8, 4) is 0 Å². The summed E-state index contributed by atoms with van der Waals surface area (Å²) in [7, 11) is 1.15. The van der Waals surface area contributed by atoms with Gasteiger partial charge in [-0.05, 0) is 6.21 Å². The van der Waals surface area contributed by atoms with Crippen LogP contribution in [0.1, 0.15) is 5.56 Å². The van der Waals surface area contributed by atoms with Crippen molar-refractivity contribution in [1.29, 1.82) is 5.41 Å². The van der Waals surface area contributed by atoms with E-state index in [1.807, 2.05) is 5.32 Å². The van der Waals surface area contributed by atoms with Gasteiger partial charge in [-0.15, -0.1) is 0 Å². The molecule has 2 nitrogen and oxygen atoms in total. The molecule has 0 atom stereocenters. The zero-order chi connectivity index (χ0) is 11.6. The summed E-state index contributed by atoms with van der Waals surface area (Å²) in [6.45, 7) is 0. The quantitative estimate of drug-likeness (QED) is 0.458. The number of hydrogen-bond acceptors (Lipinski definition) is 2. The second kappa shape index (κ2) is 4.29. The van der Waals surface area contributed by atoms with Crippen molar-refractivity contribution in [2.24, 2.45) is 0 Å². The van der Waals surface area contributed by atoms with E-state index in [0.717, 1.165) is 7.05 Å². The van der Waals surface area contributed by atoms with E-state index in [4.69, 9.17) is 5.41 Å². The second-order valence-corrected chi connectivity index (χ2v) is 2.77. The number of anilines is 1. The smallest absolute Gasteiger partial charge is 0.185 e. The molecule has 0 aliphatic rings. The lowest BCUT2D eigenvalue weighted by atomic mass is 10.1. The molecule has 15 heavy (non-hydrogen) atoms. The minimum atomic E-state index is -1.48. The van der Waals surface area contributed by atoms with Gasteiger partial charge in [0, 0.05) is 19.0 Å². The van der Waals surface area contributed by atoms with Gasteiger partial charge in [-0.25, -0.2) is 17.6 Å². The van der Waals surface area contributed by atoms with Crippen molar-refractivity contribution in [3.05, 3.63) is 28.8 Å². The number of nitrogens with one attached hydrogen (secondary N) is 2. The molecule has 0 bridgehead atoms. The summed E-state index contributed by atoms with van der Waals surface area (Å²) in [5.74, 6) is -5.90. The fraction of sp³-hybridized carbons (Fsp3) is 0.222. The Kier molecular flexibility index (Phi) is 3.28. The molecule has 0 aliphatic heterocycles. The fourth-order valence-corrected chi connectivity index (χ4v) is 1.18. The van der Waals surface area contributed by atoms with Crippen LogP contribution in [0.5, 0.6) is 0 Å². The molecule has 2 N–H and O–H groups in total. The SMILES string of the molecule is CNc1c(F)c(F)c(CC=N)c(F)c1F. The van der Waals surface area contributed by atoms with Crippen LogP contribution < -0.4 is 5.32 Å². The monoisotopic (exact) mass is 220 g/mol. The van der Waals surface area contributed by atoms with Gasteiger partial charge in [0.25, 0.3) is 0 Å². The summed E-state index contributed by atoms with van der Waals surface area (Å²) >= 11 is 0. The normalized spacial score (nSPS) is 10.2. The number of hydrogen-bond donors (Lipinski definition) is 2. The second-order valence-electron chi connectivity index (χ2n) is 2.77. The van der Waals surface area contributed by atoms with E-state index < -0.39 is 40.9 Å². The predicted octanol–water partition coefficient (Wildman–Crippen LogP) is 2.48. The Morgan fingerprint density at radius 2 is 1.53 bits per heavy atom. The third-order valence-corrected chi connectivity index (χ3v) is 1.91. The first kappa shape index (κ1) is 11.5. The molecule has 82 valence electrons. The van der Waals surface area contributed by atoms with Gasteiger partial charge in [-0.1, -0.05) is 0 Å². The van der Waals surface area contributed by atoms with Crippen LogP contribution in [-0.4, -0.2) is 13.3 Å². The van der Waals surface area contributed by atoms with Crippen LogP contribution in [0.25, 0.3) is 0 Å². The van der Waals surface area contributed by atoms with E-state index in [1.54, 1.807) is 0 Å². The lowest BCUT2D eigenvalue weighted by Crippen LogP contribution is -2.08. The molecule has 0 radical (unpaired) electrons. The average Bonchev–Trinajstić information content (AvgIpc) is 2.23. The molecule has 0 spiro atoms. The summed E-state index contributed by atoms with van der Waals surface area (Å²) in [4.78, 5) is 0. The van der Waals surface area contributed by atoms with Gasteiger partial charge in [-0.2, -0.15) is 0 Å².